The van der Waals surface area contributed by atoms with Crippen LogP contribution in [0.15, 0.2) is 42.5 Å². The van der Waals surface area contributed by atoms with Gasteiger partial charge in [0, 0.05) is 6.54 Å². The van der Waals surface area contributed by atoms with Crippen molar-refractivity contribution in [2.24, 2.45) is 5.92 Å². The van der Waals surface area contributed by atoms with Crippen LogP contribution in [-0.2, 0) is 4.79 Å². The van der Waals surface area contributed by atoms with Gasteiger partial charge in [-0.1, -0.05) is 53.5 Å². The lowest BCUT2D eigenvalue weighted by Gasteiger charge is -2.38. The zero-order valence-electron chi connectivity index (χ0n) is 14.1. The van der Waals surface area contributed by atoms with Crippen LogP contribution in [0.25, 0.3) is 0 Å². The molecule has 0 radical (unpaired) electrons. The Kier molecular flexibility index (Phi) is 5.67. The molecule has 0 saturated carbocycles. The van der Waals surface area contributed by atoms with E-state index in [-0.39, 0.29) is 12.0 Å². The Bertz CT molecular complexity index is 778. The Balaban J connectivity index is 2.04. The maximum Gasteiger partial charge on any atom is 0.307 e. The molecular weight excluding hydrogens is 357 g/mol. The number of likely N-dealkylation sites (tertiary alicyclic amines) is 1. The highest BCUT2D eigenvalue weighted by atomic mass is 35.5. The van der Waals surface area contributed by atoms with Gasteiger partial charge in [-0.2, -0.15) is 0 Å². The first-order valence-electron chi connectivity index (χ1n) is 8.44. The fourth-order valence-corrected chi connectivity index (χ4v) is 3.91. The van der Waals surface area contributed by atoms with Gasteiger partial charge in [0.05, 0.1) is 22.0 Å². The van der Waals surface area contributed by atoms with Gasteiger partial charge in [0.1, 0.15) is 0 Å². The van der Waals surface area contributed by atoms with Gasteiger partial charge in [0.2, 0.25) is 0 Å². The third-order valence-corrected chi connectivity index (χ3v) is 5.65. The lowest BCUT2D eigenvalue weighted by molar-refractivity contribution is -0.143. The smallest absolute Gasteiger partial charge is 0.307 e. The second kappa shape index (κ2) is 7.77. The molecule has 2 aromatic rings. The average molecular weight is 378 g/mol. The molecule has 2 atom stereocenters. The molecule has 3 rings (SSSR count). The fraction of sp³-hybridized carbons (Fsp3) is 0.350. The van der Waals surface area contributed by atoms with Crippen molar-refractivity contribution < 1.29 is 9.90 Å². The normalized spacial score (nSPS) is 19.6. The zero-order chi connectivity index (χ0) is 18.0. The lowest BCUT2D eigenvalue weighted by atomic mass is 9.89. The maximum absolute atomic E-state index is 11.5. The molecule has 0 aliphatic carbocycles. The van der Waals surface area contributed by atoms with Crippen LogP contribution in [0, 0.1) is 12.8 Å². The van der Waals surface area contributed by atoms with E-state index < -0.39 is 5.97 Å². The van der Waals surface area contributed by atoms with Crippen molar-refractivity contribution >= 4 is 29.2 Å². The first kappa shape index (κ1) is 18.2. The minimum atomic E-state index is -0.720. The van der Waals surface area contributed by atoms with Crippen LogP contribution >= 0.6 is 23.2 Å². The van der Waals surface area contributed by atoms with Gasteiger partial charge in [-0.25, -0.2) is 0 Å². The van der Waals surface area contributed by atoms with Crippen LogP contribution in [0.1, 0.15) is 35.6 Å². The first-order chi connectivity index (χ1) is 12.0. The van der Waals surface area contributed by atoms with Gasteiger partial charge in [-0.3, -0.25) is 9.69 Å². The fourth-order valence-electron chi connectivity index (χ4n) is 3.61. The topological polar surface area (TPSA) is 40.5 Å². The second-order valence-corrected chi connectivity index (χ2v) is 7.42. The molecule has 0 aromatic heterocycles. The Morgan fingerprint density at radius 3 is 2.64 bits per heavy atom. The maximum atomic E-state index is 11.5. The Labute approximate surface area is 158 Å². The molecule has 0 spiro atoms. The van der Waals surface area contributed by atoms with Gasteiger partial charge in [-0.05, 0) is 55.1 Å². The molecule has 2 unspecified atom stereocenters. The molecule has 5 heteroatoms. The molecule has 0 bridgehead atoms. The molecular formula is C20H21Cl2NO2. The molecule has 1 aliphatic heterocycles. The van der Waals surface area contributed by atoms with Crippen molar-refractivity contribution in [1.29, 1.82) is 0 Å². The van der Waals surface area contributed by atoms with Crippen molar-refractivity contribution in [3.63, 3.8) is 0 Å². The summed E-state index contributed by atoms with van der Waals surface area (Å²) in [4.78, 5) is 13.8. The van der Waals surface area contributed by atoms with Crippen molar-refractivity contribution in [3.8, 4) is 0 Å². The summed E-state index contributed by atoms with van der Waals surface area (Å²) < 4.78 is 0. The number of carboxylic acids is 1. The molecule has 1 saturated heterocycles. The highest BCUT2D eigenvalue weighted by molar-refractivity contribution is 6.42. The predicted molar refractivity (Wildman–Crippen MR) is 101 cm³/mol. The summed E-state index contributed by atoms with van der Waals surface area (Å²) in [6.45, 7) is 3.48. The highest BCUT2D eigenvalue weighted by Crippen LogP contribution is 2.36. The second-order valence-electron chi connectivity index (χ2n) is 6.60. The summed E-state index contributed by atoms with van der Waals surface area (Å²) in [6.07, 6.45) is 1.61. The number of hydrogen-bond donors (Lipinski definition) is 1. The van der Waals surface area contributed by atoms with Crippen LogP contribution in [0.2, 0.25) is 10.0 Å². The summed E-state index contributed by atoms with van der Waals surface area (Å²) >= 11 is 12.3. The summed E-state index contributed by atoms with van der Waals surface area (Å²) in [5.74, 6) is -1.05. The zero-order valence-corrected chi connectivity index (χ0v) is 15.6. The highest BCUT2D eigenvalue weighted by Gasteiger charge is 2.32. The molecule has 132 valence electrons. The molecule has 25 heavy (non-hydrogen) atoms. The standard InChI is InChI=1S/C20H21Cl2NO2/c1-13-5-2-3-7-16(13)19(14-8-9-17(21)18(22)11-14)23-10-4-6-15(12-23)20(24)25/h2-3,5,7-9,11,15,19H,4,6,10,12H2,1H3,(H,24,25). The number of halogens is 2. The monoisotopic (exact) mass is 377 g/mol. The molecule has 3 nitrogen and oxygen atoms in total. The first-order valence-corrected chi connectivity index (χ1v) is 9.20. The summed E-state index contributed by atoms with van der Waals surface area (Å²) in [6, 6.07) is 13.9. The van der Waals surface area contributed by atoms with E-state index in [0.29, 0.717) is 16.6 Å². The van der Waals surface area contributed by atoms with Crippen molar-refractivity contribution in [2.75, 3.05) is 13.1 Å². The van der Waals surface area contributed by atoms with Gasteiger partial charge < -0.3 is 5.11 Å². The Morgan fingerprint density at radius 2 is 1.96 bits per heavy atom. The number of nitrogens with zero attached hydrogens (tertiary/aromatic N) is 1. The minimum absolute atomic E-state index is 0.0295. The number of carboxylic acid groups (broad SMARTS) is 1. The lowest BCUT2D eigenvalue weighted by Crippen LogP contribution is -2.41. The molecule has 1 N–H and O–H groups in total. The number of rotatable bonds is 4. The van der Waals surface area contributed by atoms with Crippen molar-refractivity contribution in [3.05, 3.63) is 69.2 Å². The van der Waals surface area contributed by atoms with Crippen LogP contribution in [0.5, 0.6) is 0 Å². The number of piperidine rings is 1. The van der Waals surface area contributed by atoms with E-state index in [4.69, 9.17) is 23.2 Å². The number of carbonyl (C=O) groups is 1. The van der Waals surface area contributed by atoms with Crippen LogP contribution in [0.3, 0.4) is 0 Å². The van der Waals surface area contributed by atoms with Crippen LogP contribution in [0.4, 0.5) is 0 Å². The largest absolute Gasteiger partial charge is 0.481 e. The summed E-state index contributed by atoms with van der Waals surface area (Å²) in [5, 5.41) is 10.5. The van der Waals surface area contributed by atoms with E-state index in [1.165, 1.54) is 11.1 Å². The van der Waals surface area contributed by atoms with E-state index in [1.54, 1.807) is 0 Å². The minimum Gasteiger partial charge on any atom is -0.481 e. The van der Waals surface area contributed by atoms with Gasteiger partial charge in [-0.15, -0.1) is 0 Å². The quantitative estimate of drug-likeness (QED) is 0.796. The van der Waals surface area contributed by atoms with E-state index in [2.05, 4.69) is 24.0 Å². The van der Waals surface area contributed by atoms with Gasteiger partial charge >= 0.3 is 5.97 Å². The average Bonchev–Trinajstić information content (AvgIpc) is 2.60. The number of aryl methyl sites for hydroxylation is 1. The third kappa shape index (κ3) is 4.00. The number of hydrogen-bond acceptors (Lipinski definition) is 2. The Hall–Kier alpha value is -1.55. The SMILES string of the molecule is Cc1ccccc1C(c1ccc(Cl)c(Cl)c1)N1CCCC(C(=O)O)C1. The van der Waals surface area contributed by atoms with Crippen LogP contribution in [-0.4, -0.2) is 29.1 Å². The van der Waals surface area contributed by atoms with Gasteiger partial charge in [0.15, 0.2) is 0 Å². The molecule has 0 amide bonds. The van der Waals surface area contributed by atoms with Crippen LogP contribution < -0.4 is 0 Å². The Morgan fingerprint density at radius 1 is 1.20 bits per heavy atom. The number of aliphatic carboxylic acids is 1. The van der Waals surface area contributed by atoms with E-state index in [1.807, 2.05) is 30.3 Å². The van der Waals surface area contributed by atoms with E-state index in [9.17, 15) is 9.90 Å². The van der Waals surface area contributed by atoms with Crippen molar-refractivity contribution in [2.45, 2.75) is 25.8 Å². The third-order valence-electron chi connectivity index (χ3n) is 4.91. The van der Waals surface area contributed by atoms with Gasteiger partial charge in [0.25, 0.3) is 0 Å². The van der Waals surface area contributed by atoms with E-state index in [0.717, 1.165) is 24.9 Å². The summed E-state index contributed by atoms with van der Waals surface area (Å²) in [5.41, 5.74) is 3.39. The number of benzene rings is 2. The van der Waals surface area contributed by atoms with Crippen molar-refractivity contribution in [1.82, 2.24) is 4.90 Å². The molecule has 1 heterocycles. The predicted octanol–water partition coefficient (Wildman–Crippen LogP) is 5.19. The summed E-state index contributed by atoms with van der Waals surface area (Å²) in [7, 11) is 0. The molecule has 1 fully saturated rings. The van der Waals surface area contributed by atoms with E-state index >= 15 is 0 Å². The molecule has 2 aromatic carbocycles. The molecule has 1 aliphatic rings.